The van der Waals surface area contributed by atoms with Crippen LogP contribution in [0, 0.1) is 19.8 Å². The van der Waals surface area contributed by atoms with Gasteiger partial charge in [0.2, 0.25) is 0 Å². The molecule has 0 amide bonds. The van der Waals surface area contributed by atoms with Crippen LogP contribution >= 0.6 is 0 Å². The zero-order chi connectivity index (χ0) is 18.8. The maximum absolute atomic E-state index is 10.5. The molecule has 0 spiro atoms. The number of aryl methyl sites for hydroxylation is 1. The van der Waals surface area contributed by atoms with Gasteiger partial charge >= 0.3 is 0 Å². The fourth-order valence-corrected chi connectivity index (χ4v) is 3.92. The van der Waals surface area contributed by atoms with E-state index in [1.54, 1.807) is 18.6 Å². The van der Waals surface area contributed by atoms with E-state index in [-0.39, 0.29) is 12.0 Å². The van der Waals surface area contributed by atoms with Gasteiger partial charge in [-0.25, -0.2) is 4.68 Å². The summed E-state index contributed by atoms with van der Waals surface area (Å²) in [6.45, 7) is 6.52. The van der Waals surface area contributed by atoms with E-state index >= 15 is 0 Å². The minimum Gasteiger partial charge on any atom is -0.391 e. The first-order chi connectivity index (χ1) is 13.1. The zero-order valence-electron chi connectivity index (χ0n) is 15.8. The van der Waals surface area contributed by atoms with Crippen molar-refractivity contribution >= 4 is 0 Å². The first-order valence-corrected chi connectivity index (χ1v) is 9.37. The minimum atomic E-state index is -0.336. The number of benzene rings is 1. The monoisotopic (exact) mass is 363 g/mol. The van der Waals surface area contributed by atoms with Crippen molar-refractivity contribution < 1.29 is 5.11 Å². The Balaban J connectivity index is 1.48. The van der Waals surface area contributed by atoms with Crippen molar-refractivity contribution in [2.45, 2.75) is 32.9 Å². The average Bonchev–Trinajstić information content (AvgIpc) is 3.17. The van der Waals surface area contributed by atoms with Gasteiger partial charge in [0, 0.05) is 55.4 Å². The highest BCUT2D eigenvalue weighted by Crippen LogP contribution is 2.25. The van der Waals surface area contributed by atoms with Gasteiger partial charge in [0.25, 0.3) is 0 Å². The topological polar surface area (TPSA) is 67.1 Å². The lowest BCUT2D eigenvalue weighted by Crippen LogP contribution is -2.22. The second-order valence-electron chi connectivity index (χ2n) is 7.32. The molecule has 1 saturated heterocycles. The molecule has 0 radical (unpaired) electrons. The molecule has 1 aliphatic rings. The van der Waals surface area contributed by atoms with Crippen molar-refractivity contribution in [3.05, 3.63) is 71.6 Å². The molecule has 1 N–H and O–H groups in total. The first kappa shape index (κ1) is 17.8. The molecule has 0 unspecified atom stereocenters. The van der Waals surface area contributed by atoms with Gasteiger partial charge < -0.3 is 5.11 Å². The van der Waals surface area contributed by atoms with Gasteiger partial charge in [-0.3, -0.25) is 14.9 Å². The maximum atomic E-state index is 10.5. The summed E-state index contributed by atoms with van der Waals surface area (Å²) in [5.74, 6) is 0.187. The smallest absolute Gasteiger partial charge is 0.0711 e. The molecule has 2 aromatic heterocycles. The molecule has 6 heteroatoms. The predicted octanol–water partition coefficient (Wildman–Crippen LogP) is 2.31. The molecular formula is C21H25N5O. The number of aromatic nitrogens is 4. The molecule has 2 atom stereocenters. The largest absolute Gasteiger partial charge is 0.391 e. The van der Waals surface area contributed by atoms with Crippen molar-refractivity contribution in [2.24, 2.45) is 5.92 Å². The molecule has 3 heterocycles. The van der Waals surface area contributed by atoms with E-state index in [1.165, 1.54) is 5.56 Å². The van der Waals surface area contributed by atoms with Gasteiger partial charge in [-0.2, -0.15) is 5.10 Å². The summed E-state index contributed by atoms with van der Waals surface area (Å²) in [7, 11) is 0. The zero-order valence-corrected chi connectivity index (χ0v) is 15.8. The Labute approximate surface area is 159 Å². The van der Waals surface area contributed by atoms with Crippen LogP contribution in [-0.4, -0.2) is 48.9 Å². The minimum absolute atomic E-state index is 0.187. The van der Waals surface area contributed by atoms with Crippen LogP contribution in [0.15, 0.2) is 48.9 Å². The predicted molar refractivity (Wildman–Crippen MR) is 104 cm³/mol. The van der Waals surface area contributed by atoms with Gasteiger partial charge in [0.1, 0.15) is 0 Å². The molecule has 1 fully saturated rings. The van der Waals surface area contributed by atoms with Gasteiger partial charge in [0.05, 0.1) is 23.2 Å². The van der Waals surface area contributed by atoms with E-state index in [0.717, 1.165) is 42.3 Å². The molecule has 1 aromatic carbocycles. The van der Waals surface area contributed by atoms with Gasteiger partial charge in [-0.15, -0.1) is 0 Å². The van der Waals surface area contributed by atoms with Crippen LogP contribution in [-0.2, 0) is 13.0 Å². The van der Waals surface area contributed by atoms with Crippen molar-refractivity contribution in [1.82, 2.24) is 24.6 Å². The summed E-state index contributed by atoms with van der Waals surface area (Å²) >= 11 is 0. The quantitative estimate of drug-likeness (QED) is 0.753. The number of aliphatic hydroxyl groups is 1. The molecule has 1 aliphatic heterocycles. The lowest BCUT2D eigenvalue weighted by molar-refractivity contribution is 0.140. The summed E-state index contributed by atoms with van der Waals surface area (Å²) < 4.78 is 2.01. The molecule has 140 valence electrons. The number of rotatable bonds is 5. The lowest BCUT2D eigenvalue weighted by Gasteiger charge is -2.16. The van der Waals surface area contributed by atoms with Gasteiger partial charge in [-0.05, 0) is 32.4 Å². The van der Waals surface area contributed by atoms with E-state index in [1.807, 2.05) is 22.9 Å². The Morgan fingerprint density at radius 2 is 1.93 bits per heavy atom. The normalized spacial score (nSPS) is 20.3. The first-order valence-electron chi connectivity index (χ1n) is 9.37. The molecule has 6 nitrogen and oxygen atoms in total. The third-order valence-corrected chi connectivity index (χ3v) is 5.39. The van der Waals surface area contributed by atoms with E-state index in [9.17, 15) is 5.11 Å². The summed E-state index contributed by atoms with van der Waals surface area (Å²) in [6.07, 6.45) is 5.59. The van der Waals surface area contributed by atoms with Crippen LogP contribution in [0.25, 0.3) is 5.69 Å². The highest BCUT2D eigenvalue weighted by Gasteiger charge is 2.32. The van der Waals surface area contributed by atoms with Gasteiger partial charge in [-0.1, -0.05) is 18.2 Å². The summed E-state index contributed by atoms with van der Waals surface area (Å²) in [5, 5.41) is 15.2. The molecule has 27 heavy (non-hydrogen) atoms. The van der Waals surface area contributed by atoms with Crippen LogP contribution in [0.3, 0.4) is 0 Å². The van der Waals surface area contributed by atoms with Crippen LogP contribution in [0.4, 0.5) is 0 Å². The van der Waals surface area contributed by atoms with E-state index < -0.39 is 0 Å². The van der Waals surface area contributed by atoms with Crippen molar-refractivity contribution in [2.75, 3.05) is 13.1 Å². The summed E-state index contributed by atoms with van der Waals surface area (Å²) in [4.78, 5) is 10.8. The average molecular weight is 363 g/mol. The summed E-state index contributed by atoms with van der Waals surface area (Å²) in [6, 6.07) is 10.2. The van der Waals surface area contributed by atoms with Crippen LogP contribution < -0.4 is 0 Å². The molecule has 0 bridgehead atoms. The van der Waals surface area contributed by atoms with E-state index in [4.69, 9.17) is 5.10 Å². The van der Waals surface area contributed by atoms with Crippen molar-refractivity contribution in [3.8, 4) is 5.69 Å². The van der Waals surface area contributed by atoms with E-state index in [2.05, 4.69) is 40.8 Å². The van der Waals surface area contributed by atoms with Crippen molar-refractivity contribution in [3.63, 3.8) is 0 Å². The Bertz CT molecular complexity index is 894. The Kier molecular flexibility index (Phi) is 5.01. The number of likely N-dealkylation sites (tertiary alicyclic amines) is 1. The third-order valence-electron chi connectivity index (χ3n) is 5.39. The number of para-hydroxylation sites is 1. The van der Waals surface area contributed by atoms with Crippen molar-refractivity contribution in [1.29, 1.82) is 0 Å². The Morgan fingerprint density at radius 3 is 2.67 bits per heavy atom. The number of hydrogen-bond acceptors (Lipinski definition) is 5. The Morgan fingerprint density at radius 1 is 1.11 bits per heavy atom. The molecule has 3 aromatic rings. The third kappa shape index (κ3) is 3.77. The highest BCUT2D eigenvalue weighted by molar-refractivity contribution is 5.37. The SMILES string of the molecule is Cc1nn(-c2ccccc2)c(C)c1CN1C[C@@H](Cc2cnccn2)[C@H](O)C1. The van der Waals surface area contributed by atoms with Crippen LogP contribution in [0.1, 0.15) is 22.6 Å². The lowest BCUT2D eigenvalue weighted by atomic mass is 10.0. The second-order valence-corrected chi connectivity index (χ2v) is 7.32. The molecular weight excluding hydrogens is 338 g/mol. The van der Waals surface area contributed by atoms with Gasteiger partial charge in [0.15, 0.2) is 0 Å². The highest BCUT2D eigenvalue weighted by atomic mass is 16.3. The molecule has 0 aliphatic carbocycles. The fraction of sp³-hybridized carbons (Fsp3) is 0.381. The fourth-order valence-electron chi connectivity index (χ4n) is 3.92. The van der Waals surface area contributed by atoms with Crippen LogP contribution in [0.2, 0.25) is 0 Å². The number of aliphatic hydroxyl groups excluding tert-OH is 1. The molecule has 4 rings (SSSR count). The van der Waals surface area contributed by atoms with E-state index in [0.29, 0.717) is 6.54 Å². The number of nitrogens with zero attached hydrogens (tertiary/aromatic N) is 5. The maximum Gasteiger partial charge on any atom is 0.0711 e. The molecule has 0 saturated carbocycles. The second kappa shape index (κ2) is 7.58. The number of β-amino-alcohol motifs (C(OH)–C–C–N with tert-alkyl or cyclic N) is 1. The van der Waals surface area contributed by atoms with Crippen LogP contribution in [0.5, 0.6) is 0 Å². The Hall–Kier alpha value is -2.57. The number of hydrogen-bond donors (Lipinski definition) is 1. The summed E-state index contributed by atoms with van der Waals surface area (Å²) in [5.41, 5.74) is 5.46. The standard InChI is InChI=1S/C21H25N5O/c1-15-20(16(2)26(24-15)19-6-4-3-5-7-19)13-25-12-17(21(27)14-25)10-18-11-22-8-9-23-18/h3-9,11,17,21,27H,10,12-14H2,1-2H3/t17-,21-/m1/s1.